The number of hydrogen-bond acceptors (Lipinski definition) is 3. The second kappa shape index (κ2) is 6.93. The van der Waals surface area contributed by atoms with E-state index in [0.717, 1.165) is 10.0 Å². The van der Waals surface area contributed by atoms with Crippen LogP contribution in [0.25, 0.3) is 0 Å². The number of halogens is 1. The Balaban J connectivity index is 2.15. The standard InChI is InChI=1S/C11H16BrNO2/c1-9(2)15-4-3-14-8-10-5-11(12)7-13-6-10/h5-7,9H,3-4,8H2,1-2H3. The van der Waals surface area contributed by atoms with Crippen molar-refractivity contribution in [1.82, 2.24) is 4.98 Å². The fourth-order valence-corrected chi connectivity index (χ4v) is 1.48. The minimum atomic E-state index is 0.265. The summed E-state index contributed by atoms with van der Waals surface area (Å²) in [5, 5.41) is 0. The summed E-state index contributed by atoms with van der Waals surface area (Å²) >= 11 is 3.36. The third-order valence-corrected chi connectivity index (χ3v) is 2.14. The molecule has 0 spiro atoms. The molecule has 0 saturated heterocycles. The maximum Gasteiger partial charge on any atom is 0.0733 e. The second-order valence-electron chi connectivity index (χ2n) is 3.48. The third kappa shape index (κ3) is 5.87. The van der Waals surface area contributed by atoms with Gasteiger partial charge in [0.05, 0.1) is 25.9 Å². The Kier molecular flexibility index (Phi) is 5.83. The summed E-state index contributed by atoms with van der Waals surface area (Å²) in [6, 6.07) is 2.00. The van der Waals surface area contributed by atoms with Crippen LogP contribution >= 0.6 is 15.9 Å². The maximum absolute atomic E-state index is 5.44. The summed E-state index contributed by atoms with van der Waals surface area (Å²) in [4.78, 5) is 4.05. The molecule has 15 heavy (non-hydrogen) atoms. The Bertz CT molecular complexity index is 292. The lowest BCUT2D eigenvalue weighted by molar-refractivity contribution is 0.0142. The number of ether oxygens (including phenoxy) is 2. The van der Waals surface area contributed by atoms with Crippen LogP contribution in [0.4, 0.5) is 0 Å². The molecule has 0 bridgehead atoms. The average molecular weight is 274 g/mol. The van der Waals surface area contributed by atoms with Gasteiger partial charge in [-0.1, -0.05) is 0 Å². The third-order valence-electron chi connectivity index (χ3n) is 1.71. The zero-order valence-corrected chi connectivity index (χ0v) is 10.7. The van der Waals surface area contributed by atoms with Crippen molar-refractivity contribution in [2.45, 2.75) is 26.6 Å². The Morgan fingerprint density at radius 2 is 2.13 bits per heavy atom. The number of rotatable bonds is 6. The van der Waals surface area contributed by atoms with Crippen LogP contribution in [-0.2, 0) is 16.1 Å². The van der Waals surface area contributed by atoms with Crippen molar-refractivity contribution >= 4 is 15.9 Å². The van der Waals surface area contributed by atoms with Gasteiger partial charge in [-0.3, -0.25) is 4.98 Å². The predicted molar refractivity (Wildman–Crippen MR) is 62.7 cm³/mol. The van der Waals surface area contributed by atoms with Crippen LogP contribution in [0.1, 0.15) is 19.4 Å². The molecule has 1 aromatic heterocycles. The van der Waals surface area contributed by atoms with Crippen LogP contribution in [0.15, 0.2) is 22.9 Å². The fourth-order valence-electron chi connectivity index (χ4n) is 1.07. The van der Waals surface area contributed by atoms with E-state index in [9.17, 15) is 0 Å². The number of aromatic nitrogens is 1. The van der Waals surface area contributed by atoms with Gasteiger partial charge >= 0.3 is 0 Å². The molecule has 1 aromatic rings. The van der Waals surface area contributed by atoms with Crippen molar-refractivity contribution in [1.29, 1.82) is 0 Å². The van der Waals surface area contributed by atoms with Gasteiger partial charge in [-0.15, -0.1) is 0 Å². The van der Waals surface area contributed by atoms with Gasteiger partial charge in [-0.2, -0.15) is 0 Å². The highest BCUT2D eigenvalue weighted by Gasteiger charge is 1.96. The summed E-state index contributed by atoms with van der Waals surface area (Å²) in [6.45, 7) is 5.86. The summed E-state index contributed by atoms with van der Waals surface area (Å²) in [6.07, 6.45) is 3.82. The molecule has 0 atom stereocenters. The van der Waals surface area contributed by atoms with E-state index in [1.54, 1.807) is 12.4 Å². The van der Waals surface area contributed by atoms with Gasteiger partial charge in [0.15, 0.2) is 0 Å². The van der Waals surface area contributed by atoms with Crippen molar-refractivity contribution in [2.24, 2.45) is 0 Å². The van der Waals surface area contributed by atoms with Crippen LogP contribution in [0.5, 0.6) is 0 Å². The number of nitrogens with zero attached hydrogens (tertiary/aromatic N) is 1. The lowest BCUT2D eigenvalue weighted by atomic mass is 10.3. The minimum absolute atomic E-state index is 0.265. The van der Waals surface area contributed by atoms with Gasteiger partial charge in [0, 0.05) is 16.9 Å². The molecular weight excluding hydrogens is 258 g/mol. The van der Waals surface area contributed by atoms with Crippen LogP contribution in [0.3, 0.4) is 0 Å². The largest absolute Gasteiger partial charge is 0.376 e. The summed E-state index contributed by atoms with van der Waals surface area (Å²) < 4.78 is 11.8. The smallest absolute Gasteiger partial charge is 0.0733 e. The van der Waals surface area contributed by atoms with Crippen LogP contribution < -0.4 is 0 Å². The van der Waals surface area contributed by atoms with E-state index in [-0.39, 0.29) is 6.10 Å². The van der Waals surface area contributed by atoms with Crippen molar-refractivity contribution in [3.63, 3.8) is 0 Å². The molecule has 0 fully saturated rings. The zero-order chi connectivity index (χ0) is 11.1. The van der Waals surface area contributed by atoms with Crippen molar-refractivity contribution in [3.8, 4) is 0 Å². The molecule has 0 radical (unpaired) electrons. The fraction of sp³-hybridized carbons (Fsp3) is 0.545. The SMILES string of the molecule is CC(C)OCCOCc1cncc(Br)c1. The lowest BCUT2D eigenvalue weighted by Crippen LogP contribution is -2.09. The predicted octanol–water partition coefficient (Wildman–Crippen LogP) is 2.79. The highest BCUT2D eigenvalue weighted by molar-refractivity contribution is 9.10. The molecule has 1 heterocycles. The monoisotopic (exact) mass is 273 g/mol. The second-order valence-corrected chi connectivity index (χ2v) is 4.40. The molecule has 1 rings (SSSR count). The Morgan fingerprint density at radius 3 is 2.80 bits per heavy atom. The molecule has 0 aliphatic heterocycles. The first-order valence-corrected chi connectivity index (χ1v) is 5.76. The summed E-state index contributed by atoms with van der Waals surface area (Å²) in [5.41, 5.74) is 1.06. The van der Waals surface area contributed by atoms with Gasteiger partial charge in [0.25, 0.3) is 0 Å². The Morgan fingerprint density at radius 1 is 1.33 bits per heavy atom. The van der Waals surface area contributed by atoms with E-state index in [0.29, 0.717) is 19.8 Å². The molecule has 84 valence electrons. The molecule has 0 unspecified atom stereocenters. The average Bonchev–Trinajstić information content (AvgIpc) is 2.17. The molecule has 4 heteroatoms. The van der Waals surface area contributed by atoms with Gasteiger partial charge in [0.1, 0.15) is 0 Å². The Hall–Kier alpha value is -0.450. The van der Waals surface area contributed by atoms with E-state index in [1.165, 1.54) is 0 Å². The molecule has 0 N–H and O–H groups in total. The van der Waals surface area contributed by atoms with Gasteiger partial charge in [-0.05, 0) is 41.4 Å². The maximum atomic E-state index is 5.44. The number of pyridine rings is 1. The quantitative estimate of drug-likeness (QED) is 0.747. The summed E-state index contributed by atoms with van der Waals surface area (Å²) in [7, 11) is 0. The van der Waals surface area contributed by atoms with Crippen molar-refractivity contribution < 1.29 is 9.47 Å². The minimum Gasteiger partial charge on any atom is -0.376 e. The van der Waals surface area contributed by atoms with E-state index < -0.39 is 0 Å². The van der Waals surface area contributed by atoms with E-state index in [2.05, 4.69) is 20.9 Å². The molecule has 0 aliphatic rings. The lowest BCUT2D eigenvalue weighted by Gasteiger charge is -2.08. The van der Waals surface area contributed by atoms with Crippen LogP contribution in [-0.4, -0.2) is 24.3 Å². The van der Waals surface area contributed by atoms with E-state index in [1.807, 2.05) is 19.9 Å². The molecule has 0 aromatic carbocycles. The topological polar surface area (TPSA) is 31.4 Å². The normalized spacial score (nSPS) is 10.9. The van der Waals surface area contributed by atoms with Gasteiger partial charge < -0.3 is 9.47 Å². The highest BCUT2D eigenvalue weighted by atomic mass is 79.9. The van der Waals surface area contributed by atoms with Crippen LogP contribution in [0, 0.1) is 0 Å². The van der Waals surface area contributed by atoms with E-state index >= 15 is 0 Å². The number of hydrogen-bond donors (Lipinski definition) is 0. The molecule has 0 aliphatic carbocycles. The zero-order valence-electron chi connectivity index (χ0n) is 9.07. The molecular formula is C11H16BrNO2. The van der Waals surface area contributed by atoms with Gasteiger partial charge in [-0.25, -0.2) is 0 Å². The first kappa shape index (κ1) is 12.6. The first-order valence-electron chi connectivity index (χ1n) is 4.97. The van der Waals surface area contributed by atoms with E-state index in [4.69, 9.17) is 9.47 Å². The Labute approximate surface area is 98.9 Å². The van der Waals surface area contributed by atoms with Crippen molar-refractivity contribution in [2.75, 3.05) is 13.2 Å². The molecule has 3 nitrogen and oxygen atoms in total. The molecule has 0 amide bonds. The van der Waals surface area contributed by atoms with Gasteiger partial charge in [0.2, 0.25) is 0 Å². The van der Waals surface area contributed by atoms with Crippen molar-refractivity contribution in [3.05, 3.63) is 28.5 Å². The highest BCUT2D eigenvalue weighted by Crippen LogP contribution is 2.10. The first-order chi connectivity index (χ1) is 7.18. The summed E-state index contributed by atoms with van der Waals surface area (Å²) in [5.74, 6) is 0. The van der Waals surface area contributed by atoms with Crippen LogP contribution in [0.2, 0.25) is 0 Å². The molecule has 0 saturated carbocycles.